The normalized spacial score (nSPS) is 11.6. The summed E-state index contributed by atoms with van der Waals surface area (Å²) in [7, 11) is 0. The Morgan fingerprint density at radius 1 is 1.52 bits per heavy atom. The number of carbonyl (C=O) groups excluding carboxylic acids is 1. The van der Waals surface area contributed by atoms with E-state index in [1.807, 2.05) is 26.0 Å². The lowest BCUT2D eigenvalue weighted by Gasteiger charge is -2.10. The molecule has 0 fully saturated rings. The van der Waals surface area contributed by atoms with E-state index >= 15 is 0 Å². The first-order valence-electron chi connectivity index (χ1n) is 6.65. The molecule has 5 heteroatoms. The van der Waals surface area contributed by atoms with Crippen LogP contribution in [0.3, 0.4) is 0 Å². The Balaban J connectivity index is 1.99. The monoisotopic (exact) mass is 303 g/mol. The van der Waals surface area contributed by atoms with Gasteiger partial charge in [0.1, 0.15) is 11.5 Å². The number of aliphatic hydroxyl groups is 1. The number of nitrogens with one attached hydrogen (secondary N) is 1. The molecule has 0 aromatic carbocycles. The SMILES string of the molecule is Cc1ccc(C(C)NC(=O)c2csc(C#CCCO)c2)o1. The van der Waals surface area contributed by atoms with Gasteiger partial charge in [0, 0.05) is 11.8 Å². The second-order valence-corrected chi connectivity index (χ2v) is 5.53. The van der Waals surface area contributed by atoms with Crippen molar-refractivity contribution in [1.29, 1.82) is 0 Å². The molecular formula is C16H17NO3S. The van der Waals surface area contributed by atoms with Gasteiger partial charge in [-0.3, -0.25) is 4.79 Å². The molecule has 1 atom stereocenters. The maximum Gasteiger partial charge on any atom is 0.252 e. The van der Waals surface area contributed by atoms with Crippen LogP contribution in [0.15, 0.2) is 28.0 Å². The molecule has 0 aliphatic heterocycles. The number of rotatable bonds is 4. The highest BCUT2D eigenvalue weighted by molar-refractivity contribution is 7.10. The molecule has 0 saturated heterocycles. The van der Waals surface area contributed by atoms with Crippen LogP contribution in [0.5, 0.6) is 0 Å². The molecular weight excluding hydrogens is 286 g/mol. The van der Waals surface area contributed by atoms with E-state index in [0.29, 0.717) is 12.0 Å². The molecule has 4 nitrogen and oxygen atoms in total. The molecule has 2 aromatic heterocycles. The van der Waals surface area contributed by atoms with Gasteiger partial charge >= 0.3 is 0 Å². The topological polar surface area (TPSA) is 62.5 Å². The summed E-state index contributed by atoms with van der Waals surface area (Å²) in [6.45, 7) is 3.80. The number of hydrogen-bond donors (Lipinski definition) is 2. The Morgan fingerprint density at radius 2 is 2.33 bits per heavy atom. The molecule has 110 valence electrons. The van der Waals surface area contributed by atoms with Gasteiger partial charge in [0.15, 0.2) is 0 Å². The van der Waals surface area contributed by atoms with Crippen LogP contribution in [0.1, 0.15) is 46.1 Å². The molecule has 2 rings (SSSR count). The smallest absolute Gasteiger partial charge is 0.252 e. The lowest BCUT2D eigenvalue weighted by molar-refractivity contribution is 0.0935. The first kappa shape index (κ1) is 15.4. The summed E-state index contributed by atoms with van der Waals surface area (Å²) < 4.78 is 5.49. The molecule has 0 aliphatic rings. The molecule has 1 unspecified atom stereocenters. The van der Waals surface area contributed by atoms with Gasteiger partial charge in [0.25, 0.3) is 5.91 Å². The van der Waals surface area contributed by atoms with Crippen LogP contribution in [-0.4, -0.2) is 17.6 Å². The fraction of sp³-hybridized carbons (Fsp3) is 0.312. The largest absolute Gasteiger partial charge is 0.464 e. The van der Waals surface area contributed by atoms with Gasteiger partial charge in [-0.2, -0.15) is 0 Å². The fourth-order valence-electron chi connectivity index (χ4n) is 1.76. The van der Waals surface area contributed by atoms with Crippen molar-refractivity contribution in [2.75, 3.05) is 6.61 Å². The van der Waals surface area contributed by atoms with Gasteiger partial charge in [0.05, 0.1) is 23.1 Å². The van der Waals surface area contributed by atoms with E-state index in [4.69, 9.17) is 9.52 Å². The average Bonchev–Trinajstić information content (AvgIpc) is 3.08. The van der Waals surface area contributed by atoms with E-state index in [1.54, 1.807) is 11.4 Å². The minimum atomic E-state index is -0.185. The zero-order valence-electron chi connectivity index (χ0n) is 12.0. The van der Waals surface area contributed by atoms with Crippen molar-refractivity contribution in [1.82, 2.24) is 5.32 Å². The maximum atomic E-state index is 12.1. The Morgan fingerprint density at radius 3 is 3.00 bits per heavy atom. The second kappa shape index (κ2) is 7.11. The van der Waals surface area contributed by atoms with Gasteiger partial charge in [-0.15, -0.1) is 11.3 Å². The highest BCUT2D eigenvalue weighted by atomic mass is 32.1. The highest BCUT2D eigenvalue weighted by Gasteiger charge is 2.15. The summed E-state index contributed by atoms with van der Waals surface area (Å²) in [6, 6.07) is 5.30. The number of furan rings is 1. The van der Waals surface area contributed by atoms with E-state index in [-0.39, 0.29) is 18.6 Å². The third kappa shape index (κ3) is 4.22. The van der Waals surface area contributed by atoms with E-state index < -0.39 is 0 Å². The summed E-state index contributed by atoms with van der Waals surface area (Å²) in [5, 5.41) is 13.3. The summed E-state index contributed by atoms with van der Waals surface area (Å²) in [4.78, 5) is 13.0. The summed E-state index contributed by atoms with van der Waals surface area (Å²) in [5.41, 5.74) is 0.587. The van der Waals surface area contributed by atoms with Gasteiger partial charge in [-0.1, -0.05) is 11.8 Å². The molecule has 21 heavy (non-hydrogen) atoms. The third-order valence-electron chi connectivity index (χ3n) is 2.85. The van der Waals surface area contributed by atoms with E-state index in [2.05, 4.69) is 17.2 Å². The van der Waals surface area contributed by atoms with Crippen LogP contribution >= 0.6 is 11.3 Å². The van der Waals surface area contributed by atoms with Gasteiger partial charge in [0.2, 0.25) is 0 Å². The number of carbonyl (C=O) groups is 1. The quantitative estimate of drug-likeness (QED) is 0.854. The molecule has 0 radical (unpaired) electrons. The molecule has 2 N–H and O–H groups in total. The summed E-state index contributed by atoms with van der Waals surface area (Å²) >= 11 is 1.42. The zero-order chi connectivity index (χ0) is 15.2. The number of amides is 1. The second-order valence-electron chi connectivity index (χ2n) is 4.62. The number of thiophene rings is 1. The molecule has 2 aromatic rings. The minimum absolute atomic E-state index is 0.0474. The van der Waals surface area contributed by atoms with Crippen LogP contribution in [0, 0.1) is 18.8 Å². The molecule has 0 saturated carbocycles. The van der Waals surface area contributed by atoms with Crippen molar-refractivity contribution < 1.29 is 14.3 Å². The van der Waals surface area contributed by atoms with Crippen molar-refractivity contribution in [2.24, 2.45) is 0 Å². The average molecular weight is 303 g/mol. The maximum absolute atomic E-state index is 12.1. The number of hydrogen-bond acceptors (Lipinski definition) is 4. The van der Waals surface area contributed by atoms with Crippen LogP contribution < -0.4 is 5.32 Å². The molecule has 0 bridgehead atoms. The molecule has 2 heterocycles. The number of aryl methyl sites for hydroxylation is 1. The first-order chi connectivity index (χ1) is 10.1. The van der Waals surface area contributed by atoms with E-state index in [0.717, 1.165) is 16.4 Å². The molecule has 0 aliphatic carbocycles. The Labute approximate surface area is 127 Å². The summed E-state index contributed by atoms with van der Waals surface area (Å²) in [5.74, 6) is 7.16. The van der Waals surface area contributed by atoms with Gasteiger partial charge < -0.3 is 14.8 Å². The Hall–Kier alpha value is -2.03. The fourth-order valence-corrected chi connectivity index (χ4v) is 2.52. The Bertz CT molecular complexity index is 675. The number of aliphatic hydroxyl groups excluding tert-OH is 1. The predicted molar refractivity (Wildman–Crippen MR) is 82.2 cm³/mol. The van der Waals surface area contributed by atoms with Gasteiger partial charge in [-0.05, 0) is 32.0 Å². The first-order valence-corrected chi connectivity index (χ1v) is 7.53. The van der Waals surface area contributed by atoms with Gasteiger partial charge in [-0.25, -0.2) is 0 Å². The lowest BCUT2D eigenvalue weighted by atomic mass is 10.2. The zero-order valence-corrected chi connectivity index (χ0v) is 12.8. The van der Waals surface area contributed by atoms with Crippen molar-refractivity contribution >= 4 is 17.2 Å². The van der Waals surface area contributed by atoms with Crippen LogP contribution in [0.2, 0.25) is 0 Å². The predicted octanol–water partition coefficient (Wildman–Crippen LogP) is 2.87. The van der Waals surface area contributed by atoms with E-state index in [1.165, 1.54) is 11.3 Å². The Kier molecular flexibility index (Phi) is 5.20. The van der Waals surface area contributed by atoms with Crippen molar-refractivity contribution in [3.8, 4) is 11.8 Å². The van der Waals surface area contributed by atoms with Crippen molar-refractivity contribution in [2.45, 2.75) is 26.3 Å². The van der Waals surface area contributed by atoms with Crippen LogP contribution in [0.4, 0.5) is 0 Å². The molecule has 0 spiro atoms. The lowest BCUT2D eigenvalue weighted by Crippen LogP contribution is -2.25. The van der Waals surface area contributed by atoms with Crippen LogP contribution in [-0.2, 0) is 0 Å². The molecule has 1 amide bonds. The van der Waals surface area contributed by atoms with Crippen LogP contribution in [0.25, 0.3) is 0 Å². The van der Waals surface area contributed by atoms with Crippen molar-refractivity contribution in [3.63, 3.8) is 0 Å². The highest BCUT2D eigenvalue weighted by Crippen LogP contribution is 2.18. The third-order valence-corrected chi connectivity index (χ3v) is 3.69. The van der Waals surface area contributed by atoms with Crippen molar-refractivity contribution in [3.05, 3.63) is 45.5 Å². The summed E-state index contributed by atoms with van der Waals surface area (Å²) in [6.07, 6.45) is 0.439. The van der Waals surface area contributed by atoms with E-state index in [9.17, 15) is 4.79 Å². The standard InChI is InChI=1S/C16H17NO3S/c1-11-6-7-15(20-11)12(2)17-16(19)13-9-14(21-10-13)5-3-4-8-18/h6-7,9-10,12,18H,4,8H2,1-2H3,(H,17,19). The minimum Gasteiger partial charge on any atom is -0.464 e.